The number of benzene rings is 1. The molecule has 1 aromatic carbocycles. The molecule has 0 saturated carbocycles. The van der Waals surface area contributed by atoms with E-state index in [4.69, 9.17) is 4.74 Å². The summed E-state index contributed by atoms with van der Waals surface area (Å²) in [6, 6.07) is 7.89. The van der Waals surface area contributed by atoms with E-state index in [2.05, 4.69) is 25.1 Å². The number of nitrogens with one attached hydrogen (secondary N) is 1. The van der Waals surface area contributed by atoms with Crippen molar-refractivity contribution < 1.29 is 22.7 Å². The standard InChI is InChI=1S/C23H19N7O5S/c1-13-18-19(16-11-15(4-5-17(16)25-13)36(33,34)29-7-9-35-10-8-29)22(32)30(21(18)31)23-26-20(27-28-23)14-3-2-6-24-12-14/h2-6,11-12H,7-10H2,1H3,(H,26,27,28). The van der Waals surface area contributed by atoms with Crippen molar-refractivity contribution in [3.05, 3.63) is 59.5 Å². The van der Waals surface area contributed by atoms with Gasteiger partial charge < -0.3 is 4.74 Å². The second kappa shape index (κ2) is 8.26. The molecule has 6 rings (SSSR count). The molecule has 13 heteroatoms. The van der Waals surface area contributed by atoms with Crippen molar-refractivity contribution in [2.45, 2.75) is 11.8 Å². The van der Waals surface area contributed by atoms with E-state index in [1.54, 1.807) is 37.5 Å². The van der Waals surface area contributed by atoms with Gasteiger partial charge in [0.05, 0.1) is 40.4 Å². The van der Waals surface area contributed by atoms with E-state index in [9.17, 15) is 18.0 Å². The molecule has 36 heavy (non-hydrogen) atoms. The van der Waals surface area contributed by atoms with E-state index in [1.807, 2.05) is 0 Å². The highest BCUT2D eigenvalue weighted by Gasteiger charge is 2.42. The normalized spacial score (nSPS) is 16.6. The predicted octanol–water partition coefficient (Wildman–Crippen LogP) is 1.54. The number of hydrogen-bond donors (Lipinski definition) is 1. The van der Waals surface area contributed by atoms with Crippen LogP contribution >= 0.6 is 0 Å². The molecule has 5 heterocycles. The molecule has 0 unspecified atom stereocenters. The smallest absolute Gasteiger partial charge is 0.270 e. The molecule has 2 aliphatic heterocycles. The first kappa shape index (κ1) is 22.4. The van der Waals surface area contributed by atoms with Crippen LogP contribution in [0.3, 0.4) is 0 Å². The number of rotatable bonds is 4. The van der Waals surface area contributed by atoms with E-state index in [0.29, 0.717) is 35.8 Å². The van der Waals surface area contributed by atoms with E-state index < -0.39 is 21.8 Å². The molecular weight excluding hydrogens is 486 g/mol. The van der Waals surface area contributed by atoms with Crippen LogP contribution < -0.4 is 4.90 Å². The van der Waals surface area contributed by atoms with Crippen molar-refractivity contribution in [2.75, 3.05) is 31.2 Å². The van der Waals surface area contributed by atoms with Crippen molar-refractivity contribution >= 4 is 38.7 Å². The van der Waals surface area contributed by atoms with Gasteiger partial charge >= 0.3 is 0 Å². The Kier molecular flexibility index (Phi) is 5.14. The van der Waals surface area contributed by atoms with Crippen molar-refractivity contribution in [1.29, 1.82) is 0 Å². The molecule has 2 amide bonds. The number of anilines is 1. The molecule has 0 radical (unpaired) electrons. The van der Waals surface area contributed by atoms with E-state index in [-0.39, 0.29) is 40.4 Å². The van der Waals surface area contributed by atoms with Crippen LogP contribution in [0, 0.1) is 6.92 Å². The Balaban J connectivity index is 1.45. The number of morpholine rings is 1. The Morgan fingerprint density at radius 2 is 1.81 bits per heavy atom. The Labute approximate surface area is 205 Å². The van der Waals surface area contributed by atoms with Gasteiger partial charge in [-0.2, -0.15) is 9.29 Å². The first-order valence-corrected chi connectivity index (χ1v) is 12.5. The van der Waals surface area contributed by atoms with Crippen LogP contribution in [0.1, 0.15) is 26.4 Å². The summed E-state index contributed by atoms with van der Waals surface area (Å²) in [5, 5.41) is 7.07. The molecule has 182 valence electrons. The molecule has 0 aliphatic carbocycles. The molecule has 1 N–H and O–H groups in total. The minimum Gasteiger partial charge on any atom is -0.379 e. The quantitative estimate of drug-likeness (QED) is 0.407. The third-order valence-corrected chi connectivity index (χ3v) is 8.08. The van der Waals surface area contributed by atoms with Gasteiger partial charge in [-0.05, 0) is 37.3 Å². The minimum atomic E-state index is -3.82. The number of H-pyrrole nitrogens is 1. The van der Waals surface area contributed by atoms with Crippen LogP contribution in [0.25, 0.3) is 22.3 Å². The molecule has 0 spiro atoms. The predicted molar refractivity (Wildman–Crippen MR) is 127 cm³/mol. The summed E-state index contributed by atoms with van der Waals surface area (Å²) in [6.07, 6.45) is 3.18. The second-order valence-electron chi connectivity index (χ2n) is 8.31. The monoisotopic (exact) mass is 505 g/mol. The number of carbonyl (C=O) groups excluding carboxylic acids is 2. The van der Waals surface area contributed by atoms with Gasteiger partial charge in [0.25, 0.3) is 17.8 Å². The van der Waals surface area contributed by atoms with Gasteiger partial charge in [0.2, 0.25) is 10.0 Å². The molecule has 1 saturated heterocycles. The third kappa shape index (κ3) is 3.39. The number of aryl methyl sites for hydroxylation is 1. The average molecular weight is 506 g/mol. The molecule has 12 nitrogen and oxygen atoms in total. The van der Waals surface area contributed by atoms with Crippen LogP contribution in [-0.4, -0.2) is 76.0 Å². The minimum absolute atomic E-state index is 0.0141. The molecule has 2 aliphatic rings. The van der Waals surface area contributed by atoms with Gasteiger partial charge in [0, 0.05) is 36.4 Å². The van der Waals surface area contributed by atoms with Crippen LogP contribution in [0.5, 0.6) is 0 Å². The van der Waals surface area contributed by atoms with Gasteiger partial charge in [-0.15, -0.1) is 5.10 Å². The van der Waals surface area contributed by atoms with E-state index in [0.717, 1.165) is 4.90 Å². The average Bonchev–Trinajstić information content (AvgIpc) is 3.48. The van der Waals surface area contributed by atoms with Gasteiger partial charge in [-0.25, -0.2) is 13.3 Å². The zero-order valence-corrected chi connectivity index (χ0v) is 19.8. The number of nitrogens with zero attached hydrogens (tertiary/aromatic N) is 6. The summed E-state index contributed by atoms with van der Waals surface area (Å²) >= 11 is 0. The van der Waals surface area contributed by atoms with Crippen molar-refractivity contribution in [2.24, 2.45) is 0 Å². The van der Waals surface area contributed by atoms with Crippen LogP contribution in [0.15, 0.2) is 47.6 Å². The van der Waals surface area contributed by atoms with Crippen molar-refractivity contribution in [3.8, 4) is 11.4 Å². The van der Waals surface area contributed by atoms with Gasteiger partial charge in [0.1, 0.15) is 0 Å². The van der Waals surface area contributed by atoms with Crippen LogP contribution in [-0.2, 0) is 14.8 Å². The van der Waals surface area contributed by atoms with Crippen molar-refractivity contribution in [3.63, 3.8) is 0 Å². The zero-order valence-electron chi connectivity index (χ0n) is 19.0. The molecule has 1 fully saturated rings. The third-order valence-electron chi connectivity index (χ3n) is 6.19. The molecular formula is C23H19N7O5S. The zero-order chi connectivity index (χ0) is 25.0. The van der Waals surface area contributed by atoms with Gasteiger partial charge in [-0.1, -0.05) is 0 Å². The molecule has 4 aromatic rings. The maximum absolute atomic E-state index is 13.6. The topological polar surface area (TPSA) is 151 Å². The maximum Gasteiger partial charge on any atom is 0.270 e. The molecule has 3 aromatic heterocycles. The summed E-state index contributed by atoms with van der Waals surface area (Å²) in [7, 11) is -3.82. The summed E-state index contributed by atoms with van der Waals surface area (Å²) in [5.74, 6) is -1.05. The Morgan fingerprint density at radius 1 is 1.03 bits per heavy atom. The highest BCUT2D eigenvalue weighted by molar-refractivity contribution is 7.89. The Morgan fingerprint density at radius 3 is 2.56 bits per heavy atom. The van der Waals surface area contributed by atoms with E-state index >= 15 is 0 Å². The highest BCUT2D eigenvalue weighted by Crippen LogP contribution is 2.35. The van der Waals surface area contributed by atoms with E-state index in [1.165, 1.54) is 16.4 Å². The number of sulfonamides is 1. The fourth-order valence-electron chi connectivity index (χ4n) is 4.43. The van der Waals surface area contributed by atoms with Gasteiger partial charge in [0.15, 0.2) is 5.82 Å². The van der Waals surface area contributed by atoms with Crippen molar-refractivity contribution in [1.82, 2.24) is 29.5 Å². The summed E-state index contributed by atoms with van der Waals surface area (Å²) in [6.45, 7) is 2.72. The number of fused-ring (bicyclic) bond motifs is 3. The van der Waals surface area contributed by atoms with Crippen LogP contribution in [0.4, 0.5) is 5.95 Å². The number of imide groups is 1. The summed E-state index contributed by atoms with van der Waals surface area (Å²) in [5.41, 5.74) is 1.57. The number of aromatic amines is 1. The number of ether oxygens (including phenoxy) is 1. The fourth-order valence-corrected chi connectivity index (χ4v) is 5.86. The number of hydrogen-bond acceptors (Lipinski definition) is 9. The number of carbonyl (C=O) groups is 2. The fraction of sp³-hybridized carbons (Fsp3) is 0.217. The largest absolute Gasteiger partial charge is 0.379 e. The molecule has 0 atom stereocenters. The van der Waals surface area contributed by atoms with Gasteiger partial charge in [-0.3, -0.25) is 24.7 Å². The number of pyridine rings is 2. The second-order valence-corrected chi connectivity index (χ2v) is 10.3. The SMILES string of the molecule is Cc1nc2ccc(S(=O)(=O)N3CCOCC3)cc2c2c1C(=O)N(c1n[nH]c(-c3cccnc3)n1)C2=O. The summed E-state index contributed by atoms with van der Waals surface area (Å²) < 4.78 is 33.1. The summed E-state index contributed by atoms with van der Waals surface area (Å²) in [4.78, 5) is 40.6. The lowest BCUT2D eigenvalue weighted by molar-refractivity contribution is 0.0730. The Bertz CT molecular complexity index is 1650. The first-order chi connectivity index (χ1) is 17.4. The maximum atomic E-state index is 13.6. The number of amides is 2. The highest BCUT2D eigenvalue weighted by atomic mass is 32.2. The molecule has 0 bridgehead atoms. The Hall–Kier alpha value is -4.07. The number of aromatic nitrogens is 5. The van der Waals surface area contributed by atoms with Crippen LogP contribution in [0.2, 0.25) is 0 Å². The lowest BCUT2D eigenvalue weighted by atomic mass is 10.0. The lowest BCUT2D eigenvalue weighted by Crippen LogP contribution is -2.40. The first-order valence-electron chi connectivity index (χ1n) is 11.1. The lowest BCUT2D eigenvalue weighted by Gasteiger charge is -2.26.